The summed E-state index contributed by atoms with van der Waals surface area (Å²) in [4.78, 5) is 23.7. The summed E-state index contributed by atoms with van der Waals surface area (Å²) in [5, 5.41) is 3.15. The van der Waals surface area contributed by atoms with Gasteiger partial charge in [-0.2, -0.15) is 0 Å². The number of hydrogen-bond acceptors (Lipinski definition) is 3. The lowest BCUT2D eigenvalue weighted by molar-refractivity contribution is -0.152. The summed E-state index contributed by atoms with van der Waals surface area (Å²) in [7, 11) is 0. The zero-order chi connectivity index (χ0) is 16.7. The highest BCUT2D eigenvalue weighted by Crippen LogP contribution is 2.64. The summed E-state index contributed by atoms with van der Waals surface area (Å²) in [6.45, 7) is 2.89. The van der Waals surface area contributed by atoms with Crippen molar-refractivity contribution in [2.45, 2.75) is 24.6 Å². The molecule has 1 atom stereocenters. The maximum Gasteiger partial charge on any atom is 0.315 e. The van der Waals surface area contributed by atoms with Gasteiger partial charge in [-0.15, -0.1) is 23.2 Å². The van der Waals surface area contributed by atoms with Gasteiger partial charge in [0.25, 0.3) is 5.91 Å². The monoisotopic (exact) mass is 383 g/mol. The number of rotatable bonds is 4. The Morgan fingerprint density at radius 2 is 1.91 bits per heavy atom. The molecule has 0 saturated heterocycles. The first-order valence-corrected chi connectivity index (χ1v) is 7.89. The van der Waals surface area contributed by atoms with Gasteiger partial charge in [-0.25, -0.2) is 0 Å². The lowest BCUT2D eigenvalue weighted by Crippen LogP contribution is -2.27. The van der Waals surface area contributed by atoms with Crippen molar-refractivity contribution < 1.29 is 14.3 Å². The summed E-state index contributed by atoms with van der Waals surface area (Å²) in [6.07, 6.45) is 0.291. The molecule has 0 bridgehead atoms. The maximum atomic E-state index is 11.9. The molecule has 4 nitrogen and oxygen atoms in total. The molecule has 1 N–H and O–H groups in total. The number of ether oxygens (including phenoxy) is 1. The van der Waals surface area contributed by atoms with Gasteiger partial charge in [0.2, 0.25) is 0 Å². The second-order valence-electron chi connectivity index (χ2n) is 5.39. The predicted molar refractivity (Wildman–Crippen MR) is 87.9 cm³/mol. The number of benzene rings is 1. The van der Waals surface area contributed by atoms with Gasteiger partial charge in [0.05, 0.1) is 15.7 Å². The summed E-state index contributed by atoms with van der Waals surface area (Å²) in [5.74, 6) is -1.17. The Kier molecular flexibility index (Phi) is 4.88. The van der Waals surface area contributed by atoms with Gasteiger partial charge >= 0.3 is 5.97 Å². The highest BCUT2D eigenvalue weighted by Gasteiger charge is 2.69. The predicted octanol–water partition coefficient (Wildman–Crippen LogP) is 4.37. The van der Waals surface area contributed by atoms with Gasteiger partial charge in [0.1, 0.15) is 9.75 Å². The Morgan fingerprint density at radius 1 is 1.32 bits per heavy atom. The van der Waals surface area contributed by atoms with Crippen LogP contribution >= 0.6 is 46.4 Å². The summed E-state index contributed by atoms with van der Waals surface area (Å²) < 4.78 is 3.81. The Hall–Kier alpha value is -0.680. The summed E-state index contributed by atoms with van der Waals surface area (Å²) >= 11 is 23.8. The van der Waals surface area contributed by atoms with Crippen LogP contribution in [-0.2, 0) is 14.3 Å². The molecule has 0 spiro atoms. The number of carbonyl (C=O) groups is 2. The molecule has 8 heteroatoms. The molecule has 1 saturated carbocycles. The fraction of sp³-hybridized carbons (Fsp3) is 0.429. The molecular weight excluding hydrogens is 372 g/mol. The lowest BCUT2D eigenvalue weighted by Gasteiger charge is -2.13. The number of nitrogens with one attached hydrogen (secondary N) is 1. The molecule has 1 aromatic carbocycles. The third-order valence-corrected chi connectivity index (χ3v) is 5.49. The number of aryl methyl sites for hydroxylation is 1. The first-order valence-electron chi connectivity index (χ1n) is 6.38. The van der Waals surface area contributed by atoms with Crippen LogP contribution in [0.1, 0.15) is 18.9 Å². The number of halogens is 4. The average molecular weight is 385 g/mol. The third kappa shape index (κ3) is 3.30. The van der Waals surface area contributed by atoms with Gasteiger partial charge in [0, 0.05) is 6.42 Å². The van der Waals surface area contributed by atoms with Crippen molar-refractivity contribution in [2.24, 2.45) is 5.41 Å². The third-order valence-electron chi connectivity index (χ3n) is 3.59. The van der Waals surface area contributed by atoms with Crippen LogP contribution in [-0.4, -0.2) is 22.8 Å². The van der Waals surface area contributed by atoms with Gasteiger partial charge < -0.3 is 10.1 Å². The van der Waals surface area contributed by atoms with Crippen molar-refractivity contribution in [1.82, 2.24) is 0 Å². The van der Waals surface area contributed by atoms with Crippen molar-refractivity contribution in [3.8, 4) is 0 Å². The van der Waals surface area contributed by atoms with E-state index in [0.29, 0.717) is 16.5 Å². The number of carbonyl (C=O) groups excluding carboxylic acids is 2. The molecule has 1 aliphatic rings. The maximum absolute atomic E-state index is 11.9. The fourth-order valence-corrected chi connectivity index (χ4v) is 3.01. The van der Waals surface area contributed by atoms with Crippen molar-refractivity contribution >= 4 is 64.0 Å². The lowest BCUT2D eigenvalue weighted by atomic mass is 10.1. The number of anilines is 1. The number of esters is 1. The minimum Gasteiger partial charge on any atom is -0.455 e. The first-order chi connectivity index (χ1) is 10.1. The summed E-state index contributed by atoms with van der Waals surface area (Å²) in [5.41, 5.74) is 0.0682. The molecule has 1 amide bonds. The van der Waals surface area contributed by atoms with Crippen LogP contribution in [0.5, 0.6) is 0 Å². The topological polar surface area (TPSA) is 55.4 Å². The quantitative estimate of drug-likeness (QED) is 0.619. The first kappa shape index (κ1) is 17.7. The summed E-state index contributed by atoms with van der Waals surface area (Å²) in [6, 6.07) is 3.35. The molecule has 1 aliphatic carbocycles. The van der Waals surface area contributed by atoms with Gasteiger partial charge in [-0.1, -0.05) is 29.3 Å². The molecule has 1 aromatic rings. The van der Waals surface area contributed by atoms with Crippen LogP contribution in [0, 0.1) is 12.3 Å². The second-order valence-corrected chi connectivity index (χ2v) is 7.66. The van der Waals surface area contributed by atoms with Crippen LogP contribution in [0.25, 0.3) is 0 Å². The van der Waals surface area contributed by atoms with E-state index >= 15 is 0 Å². The largest absolute Gasteiger partial charge is 0.455 e. The molecule has 0 heterocycles. The zero-order valence-corrected chi connectivity index (χ0v) is 14.8. The SMILES string of the molecule is Cc1ccc(Cl)c(NC(=O)COC(=O)[C@@]2(C)CC2(Cl)Cl)c1Cl. The standard InChI is InChI=1S/C14H13Cl4NO3/c1-7-3-4-8(15)11(10(7)16)19-9(20)5-22-12(21)13(2)6-14(13,17)18/h3-4H,5-6H2,1-2H3,(H,19,20)/t13-/m1/s1. The van der Waals surface area contributed by atoms with Crippen molar-refractivity contribution in [1.29, 1.82) is 0 Å². The molecule has 0 aromatic heterocycles. The van der Waals surface area contributed by atoms with Crippen LogP contribution in [0.2, 0.25) is 10.0 Å². The molecule has 0 aliphatic heterocycles. The molecule has 120 valence electrons. The normalized spacial score (nSPS) is 22.1. The van der Waals surface area contributed by atoms with Crippen LogP contribution in [0.4, 0.5) is 5.69 Å². The Labute approximate surface area is 148 Å². The van der Waals surface area contributed by atoms with Crippen LogP contribution in [0.3, 0.4) is 0 Å². The van der Waals surface area contributed by atoms with Crippen LogP contribution < -0.4 is 5.32 Å². The zero-order valence-electron chi connectivity index (χ0n) is 11.8. The molecular formula is C14H13Cl4NO3. The molecule has 0 unspecified atom stereocenters. The van der Waals surface area contributed by atoms with Crippen molar-refractivity contribution in [3.05, 3.63) is 27.7 Å². The number of alkyl halides is 2. The minimum atomic E-state index is -1.14. The molecule has 1 fully saturated rings. The number of hydrogen-bond donors (Lipinski definition) is 1. The molecule has 2 rings (SSSR count). The van der Waals surface area contributed by atoms with Gasteiger partial charge in [-0.3, -0.25) is 9.59 Å². The van der Waals surface area contributed by atoms with Crippen molar-refractivity contribution in [2.75, 3.05) is 11.9 Å². The van der Waals surface area contributed by atoms with Gasteiger partial charge in [-0.05, 0) is 25.5 Å². The highest BCUT2D eigenvalue weighted by atomic mass is 35.5. The van der Waals surface area contributed by atoms with E-state index < -0.39 is 28.2 Å². The van der Waals surface area contributed by atoms with Gasteiger partial charge in [0.15, 0.2) is 6.61 Å². The van der Waals surface area contributed by atoms with E-state index in [1.165, 1.54) is 0 Å². The highest BCUT2D eigenvalue weighted by molar-refractivity contribution is 6.53. The minimum absolute atomic E-state index is 0.283. The van der Waals surface area contributed by atoms with E-state index in [1.54, 1.807) is 26.0 Å². The van der Waals surface area contributed by atoms with E-state index in [1.807, 2.05) is 0 Å². The Morgan fingerprint density at radius 3 is 2.45 bits per heavy atom. The van der Waals surface area contributed by atoms with Crippen molar-refractivity contribution in [3.63, 3.8) is 0 Å². The van der Waals surface area contributed by atoms with Crippen LogP contribution in [0.15, 0.2) is 12.1 Å². The fourth-order valence-electron chi connectivity index (χ4n) is 1.86. The Balaban J connectivity index is 1.95. The van der Waals surface area contributed by atoms with E-state index in [0.717, 1.165) is 5.56 Å². The van der Waals surface area contributed by atoms with E-state index in [4.69, 9.17) is 51.1 Å². The second kappa shape index (κ2) is 6.08. The molecule has 22 heavy (non-hydrogen) atoms. The van der Waals surface area contributed by atoms with E-state index in [9.17, 15) is 9.59 Å². The smallest absolute Gasteiger partial charge is 0.315 e. The number of amides is 1. The van der Waals surface area contributed by atoms with E-state index in [-0.39, 0.29) is 5.69 Å². The van der Waals surface area contributed by atoms with E-state index in [2.05, 4.69) is 5.32 Å². The average Bonchev–Trinajstić information content (AvgIpc) is 2.96. The Bertz CT molecular complexity index is 647. The molecule has 0 radical (unpaired) electrons.